The van der Waals surface area contributed by atoms with Crippen LogP contribution in [0.25, 0.3) is 0 Å². The van der Waals surface area contributed by atoms with E-state index >= 15 is 0 Å². The summed E-state index contributed by atoms with van der Waals surface area (Å²) in [6.45, 7) is 7.57. The van der Waals surface area contributed by atoms with Crippen molar-refractivity contribution in [3.63, 3.8) is 0 Å². The number of rotatable bonds is 8. The Kier molecular flexibility index (Phi) is 10.7. The molecule has 0 aliphatic carbocycles. The van der Waals surface area contributed by atoms with Gasteiger partial charge in [0.05, 0.1) is 0 Å². The maximum atomic E-state index is 11.7. The molecule has 2 fully saturated rings. The van der Waals surface area contributed by atoms with Gasteiger partial charge in [0.2, 0.25) is 5.91 Å². The predicted molar refractivity (Wildman–Crippen MR) is 132 cm³/mol. The monoisotopic (exact) mass is 533 g/mol. The minimum Gasteiger partial charge on any atom is -0.357 e. The standard InChI is InChI=1S/C21H35N5OS.HI/c1-3-22-21(23-11-7-14-26-13-5-10-19(26)27)24-16-17-8-4-12-25(2)20(17)18-9-6-15-28-18;/h6,9,15,17,20H,3-5,7-8,10-14,16H2,1-2H3,(H2,22,23,24);1H. The van der Waals surface area contributed by atoms with Crippen LogP contribution in [0.4, 0.5) is 0 Å². The van der Waals surface area contributed by atoms with Crippen molar-refractivity contribution >= 4 is 47.2 Å². The van der Waals surface area contributed by atoms with Crippen LogP contribution in [0.15, 0.2) is 22.5 Å². The van der Waals surface area contributed by atoms with Crippen LogP contribution < -0.4 is 10.6 Å². The summed E-state index contributed by atoms with van der Waals surface area (Å²) < 4.78 is 0. The number of hydrogen-bond acceptors (Lipinski definition) is 4. The average molecular weight is 534 g/mol. The minimum atomic E-state index is 0. The molecule has 0 aromatic carbocycles. The Balaban J connectivity index is 0.00000300. The Hall–Kier alpha value is -0.870. The van der Waals surface area contributed by atoms with E-state index in [0.717, 1.165) is 64.5 Å². The minimum absolute atomic E-state index is 0. The molecule has 2 aliphatic rings. The zero-order valence-electron chi connectivity index (χ0n) is 17.7. The first kappa shape index (κ1) is 24.4. The largest absolute Gasteiger partial charge is 0.357 e. The molecule has 1 aromatic heterocycles. The van der Waals surface area contributed by atoms with Gasteiger partial charge in [0, 0.05) is 50.1 Å². The van der Waals surface area contributed by atoms with Crippen LogP contribution in [0.2, 0.25) is 0 Å². The van der Waals surface area contributed by atoms with E-state index in [1.807, 2.05) is 16.2 Å². The lowest BCUT2D eigenvalue weighted by Gasteiger charge is -2.38. The highest BCUT2D eigenvalue weighted by Crippen LogP contribution is 2.37. The number of likely N-dealkylation sites (tertiary alicyclic amines) is 2. The van der Waals surface area contributed by atoms with Crippen molar-refractivity contribution in [2.24, 2.45) is 10.9 Å². The molecule has 29 heavy (non-hydrogen) atoms. The van der Waals surface area contributed by atoms with Gasteiger partial charge >= 0.3 is 0 Å². The number of carbonyl (C=O) groups is 1. The van der Waals surface area contributed by atoms with Crippen LogP contribution in [-0.2, 0) is 4.79 Å². The first-order chi connectivity index (χ1) is 13.7. The number of guanidine groups is 1. The maximum absolute atomic E-state index is 11.7. The van der Waals surface area contributed by atoms with Crippen molar-refractivity contribution in [2.75, 3.05) is 46.3 Å². The van der Waals surface area contributed by atoms with Crippen LogP contribution in [0.3, 0.4) is 0 Å². The molecule has 0 saturated carbocycles. The molecule has 2 unspecified atom stereocenters. The number of thiophene rings is 1. The number of nitrogens with one attached hydrogen (secondary N) is 2. The molecule has 164 valence electrons. The highest BCUT2D eigenvalue weighted by molar-refractivity contribution is 14.0. The molecule has 3 heterocycles. The maximum Gasteiger partial charge on any atom is 0.222 e. The van der Waals surface area contributed by atoms with E-state index < -0.39 is 0 Å². The highest BCUT2D eigenvalue weighted by atomic mass is 127. The van der Waals surface area contributed by atoms with Crippen LogP contribution in [-0.4, -0.2) is 68.0 Å². The van der Waals surface area contributed by atoms with Crippen LogP contribution in [0.5, 0.6) is 0 Å². The summed E-state index contributed by atoms with van der Waals surface area (Å²) >= 11 is 1.86. The number of piperidine rings is 1. The highest BCUT2D eigenvalue weighted by Gasteiger charge is 2.31. The lowest BCUT2D eigenvalue weighted by molar-refractivity contribution is -0.127. The molecular formula is C21H36IN5OS. The van der Waals surface area contributed by atoms with Crippen molar-refractivity contribution in [1.29, 1.82) is 0 Å². The van der Waals surface area contributed by atoms with Crippen molar-refractivity contribution in [3.8, 4) is 0 Å². The number of aliphatic imine (C=N–C) groups is 1. The fourth-order valence-electron chi connectivity index (χ4n) is 4.33. The zero-order valence-corrected chi connectivity index (χ0v) is 20.9. The summed E-state index contributed by atoms with van der Waals surface area (Å²) in [5.41, 5.74) is 0. The molecule has 3 rings (SSSR count). The lowest BCUT2D eigenvalue weighted by Crippen LogP contribution is -2.41. The number of amides is 1. The molecule has 2 atom stereocenters. The van der Waals surface area contributed by atoms with E-state index in [9.17, 15) is 4.79 Å². The third-order valence-corrected chi connectivity index (χ3v) is 6.68. The van der Waals surface area contributed by atoms with Gasteiger partial charge in [-0.25, -0.2) is 0 Å². The number of hydrogen-bond donors (Lipinski definition) is 2. The quantitative estimate of drug-likeness (QED) is 0.233. The summed E-state index contributed by atoms with van der Waals surface area (Å²) in [5.74, 6) is 1.75. The number of nitrogens with zero attached hydrogens (tertiary/aromatic N) is 3. The summed E-state index contributed by atoms with van der Waals surface area (Å²) in [6.07, 6.45) is 5.16. The topological polar surface area (TPSA) is 60.0 Å². The van der Waals surface area contributed by atoms with Crippen LogP contribution >= 0.6 is 35.3 Å². The van der Waals surface area contributed by atoms with Gasteiger partial charge in [-0.1, -0.05) is 6.07 Å². The Labute approximate surface area is 196 Å². The molecule has 2 N–H and O–H groups in total. The Bertz CT molecular complexity index is 639. The third-order valence-electron chi connectivity index (χ3n) is 5.74. The lowest BCUT2D eigenvalue weighted by atomic mass is 9.88. The number of halogens is 1. The van der Waals surface area contributed by atoms with Gasteiger partial charge in [-0.3, -0.25) is 14.7 Å². The van der Waals surface area contributed by atoms with Crippen LogP contribution in [0.1, 0.15) is 49.9 Å². The van der Waals surface area contributed by atoms with Crippen molar-refractivity contribution in [3.05, 3.63) is 22.4 Å². The fraction of sp³-hybridized carbons (Fsp3) is 0.714. The second-order valence-corrected chi connectivity index (χ2v) is 8.81. The van der Waals surface area contributed by atoms with E-state index in [4.69, 9.17) is 4.99 Å². The molecule has 0 bridgehead atoms. The van der Waals surface area contributed by atoms with Crippen molar-refractivity contribution < 1.29 is 4.79 Å². The van der Waals surface area contributed by atoms with Crippen molar-refractivity contribution in [1.82, 2.24) is 20.4 Å². The smallest absolute Gasteiger partial charge is 0.222 e. The first-order valence-electron chi connectivity index (χ1n) is 10.7. The van der Waals surface area contributed by atoms with E-state index in [0.29, 0.717) is 17.9 Å². The molecule has 0 radical (unpaired) electrons. The summed E-state index contributed by atoms with van der Waals surface area (Å²) in [5, 5.41) is 8.99. The van der Waals surface area contributed by atoms with E-state index in [1.165, 1.54) is 17.7 Å². The summed E-state index contributed by atoms with van der Waals surface area (Å²) in [4.78, 5) is 22.5. The second kappa shape index (κ2) is 12.7. The van der Waals surface area contributed by atoms with Gasteiger partial charge in [0.1, 0.15) is 0 Å². The van der Waals surface area contributed by atoms with Crippen molar-refractivity contribution in [2.45, 2.75) is 45.1 Å². The molecule has 8 heteroatoms. The van der Waals surface area contributed by atoms with E-state index in [1.54, 1.807) is 0 Å². The molecule has 0 spiro atoms. The number of carbonyl (C=O) groups excluding carboxylic acids is 1. The molecule has 1 aromatic rings. The van der Waals surface area contributed by atoms with Gasteiger partial charge in [-0.15, -0.1) is 35.3 Å². The third kappa shape index (κ3) is 7.10. The Morgan fingerprint density at radius 1 is 1.31 bits per heavy atom. The Morgan fingerprint density at radius 2 is 2.17 bits per heavy atom. The molecular weight excluding hydrogens is 497 g/mol. The SMILES string of the molecule is CCNC(=NCC1CCCN(C)C1c1cccs1)NCCCN1CCCC1=O.I. The van der Waals surface area contributed by atoms with E-state index in [2.05, 4.69) is 47.0 Å². The molecule has 1 amide bonds. The van der Waals surface area contributed by atoms with Gasteiger partial charge < -0.3 is 15.5 Å². The van der Waals surface area contributed by atoms with Crippen LogP contribution in [0, 0.1) is 5.92 Å². The first-order valence-corrected chi connectivity index (χ1v) is 11.6. The normalized spacial score (nSPS) is 23.2. The Morgan fingerprint density at radius 3 is 2.86 bits per heavy atom. The molecule has 2 saturated heterocycles. The fourth-order valence-corrected chi connectivity index (χ4v) is 5.31. The predicted octanol–water partition coefficient (Wildman–Crippen LogP) is 3.32. The van der Waals surface area contributed by atoms with Gasteiger partial charge in [-0.2, -0.15) is 0 Å². The second-order valence-electron chi connectivity index (χ2n) is 7.83. The van der Waals surface area contributed by atoms with Gasteiger partial charge in [0.25, 0.3) is 0 Å². The van der Waals surface area contributed by atoms with Gasteiger partial charge in [0.15, 0.2) is 5.96 Å². The summed E-state index contributed by atoms with van der Waals surface area (Å²) in [6, 6.07) is 4.89. The summed E-state index contributed by atoms with van der Waals surface area (Å²) in [7, 11) is 2.24. The molecule has 6 nitrogen and oxygen atoms in total. The zero-order chi connectivity index (χ0) is 19.8. The average Bonchev–Trinajstić information content (AvgIpc) is 3.35. The molecule has 2 aliphatic heterocycles. The van der Waals surface area contributed by atoms with Gasteiger partial charge in [-0.05, 0) is 63.6 Å². The van der Waals surface area contributed by atoms with E-state index in [-0.39, 0.29) is 24.0 Å².